The number of H-pyrrole nitrogens is 1. The van der Waals surface area contributed by atoms with Gasteiger partial charge in [0.15, 0.2) is 5.69 Å². The van der Waals surface area contributed by atoms with Crippen LogP contribution in [0.4, 0.5) is 15.8 Å². The third-order valence-electron chi connectivity index (χ3n) is 3.71. The molecule has 0 radical (unpaired) electrons. The van der Waals surface area contributed by atoms with Crippen LogP contribution in [0.15, 0.2) is 24.3 Å². The summed E-state index contributed by atoms with van der Waals surface area (Å²) >= 11 is 0. The van der Waals surface area contributed by atoms with Gasteiger partial charge in [0.1, 0.15) is 5.82 Å². The molecule has 1 aromatic heterocycles. The monoisotopic (exact) mass is 318 g/mol. The van der Waals surface area contributed by atoms with Gasteiger partial charge in [-0.2, -0.15) is 5.10 Å². The summed E-state index contributed by atoms with van der Waals surface area (Å²) < 4.78 is 19.6. The van der Waals surface area contributed by atoms with Crippen LogP contribution >= 0.6 is 0 Å². The first-order chi connectivity index (χ1) is 11.1. The van der Waals surface area contributed by atoms with Crippen molar-refractivity contribution in [2.45, 2.75) is 25.9 Å². The molecule has 3 N–H and O–H groups in total. The van der Waals surface area contributed by atoms with Gasteiger partial charge in [-0.3, -0.25) is 9.89 Å². The lowest BCUT2D eigenvalue weighted by Gasteiger charge is -2.13. The standard InChI is InChI=1S/C16H19FN4O2/c1-10-7-15(21-20-10)16(22)19-11-4-5-14(13(17)8-11)18-9-12-3-2-6-23-12/h4-5,7-8,12,18H,2-3,6,9H2,1H3,(H,19,22)(H,20,21). The highest BCUT2D eigenvalue weighted by Crippen LogP contribution is 2.21. The molecule has 0 aliphatic carbocycles. The highest BCUT2D eigenvalue weighted by atomic mass is 19.1. The average Bonchev–Trinajstić information content (AvgIpc) is 3.18. The van der Waals surface area contributed by atoms with E-state index in [9.17, 15) is 9.18 Å². The molecule has 3 rings (SSSR count). The van der Waals surface area contributed by atoms with Crippen LogP contribution in [0.2, 0.25) is 0 Å². The number of aromatic nitrogens is 2. The first-order valence-corrected chi connectivity index (χ1v) is 7.60. The van der Waals surface area contributed by atoms with Crippen LogP contribution in [-0.4, -0.2) is 35.4 Å². The van der Waals surface area contributed by atoms with Gasteiger partial charge >= 0.3 is 0 Å². The van der Waals surface area contributed by atoms with E-state index in [1.54, 1.807) is 25.1 Å². The SMILES string of the molecule is Cc1cc(C(=O)Nc2ccc(NCC3CCCO3)c(F)c2)n[nH]1. The normalized spacial score (nSPS) is 17.2. The van der Waals surface area contributed by atoms with Crippen molar-refractivity contribution in [3.63, 3.8) is 0 Å². The lowest BCUT2D eigenvalue weighted by Crippen LogP contribution is -2.19. The number of hydrogen-bond donors (Lipinski definition) is 3. The van der Waals surface area contributed by atoms with Crippen molar-refractivity contribution < 1.29 is 13.9 Å². The predicted molar refractivity (Wildman–Crippen MR) is 85.1 cm³/mol. The fraction of sp³-hybridized carbons (Fsp3) is 0.375. The summed E-state index contributed by atoms with van der Waals surface area (Å²) in [6, 6.07) is 6.17. The second kappa shape index (κ2) is 6.78. The van der Waals surface area contributed by atoms with Crippen molar-refractivity contribution in [3.05, 3.63) is 41.5 Å². The van der Waals surface area contributed by atoms with Gasteiger partial charge in [0.25, 0.3) is 5.91 Å². The van der Waals surface area contributed by atoms with E-state index in [0.29, 0.717) is 17.9 Å². The molecular formula is C16H19FN4O2. The summed E-state index contributed by atoms with van der Waals surface area (Å²) in [7, 11) is 0. The lowest BCUT2D eigenvalue weighted by molar-refractivity contribution is 0.102. The molecule has 1 unspecified atom stereocenters. The summed E-state index contributed by atoms with van der Waals surface area (Å²) in [6.45, 7) is 3.15. The number of amides is 1. The number of aromatic amines is 1. The highest BCUT2D eigenvalue weighted by molar-refractivity contribution is 6.02. The molecule has 6 nitrogen and oxygen atoms in total. The maximum absolute atomic E-state index is 14.1. The summed E-state index contributed by atoms with van der Waals surface area (Å²) in [5.74, 6) is -0.798. The molecule has 1 amide bonds. The second-order valence-electron chi connectivity index (χ2n) is 5.60. The quantitative estimate of drug-likeness (QED) is 0.792. The van der Waals surface area contributed by atoms with Crippen LogP contribution < -0.4 is 10.6 Å². The van der Waals surface area contributed by atoms with Crippen molar-refractivity contribution in [2.24, 2.45) is 0 Å². The van der Waals surface area contributed by atoms with Crippen molar-refractivity contribution in [3.8, 4) is 0 Å². The number of rotatable bonds is 5. The van der Waals surface area contributed by atoms with Crippen molar-refractivity contribution >= 4 is 17.3 Å². The van der Waals surface area contributed by atoms with Gasteiger partial charge in [-0.15, -0.1) is 0 Å². The summed E-state index contributed by atoms with van der Waals surface area (Å²) in [4.78, 5) is 12.0. The van der Waals surface area contributed by atoms with Crippen LogP contribution in [0, 0.1) is 12.7 Å². The Morgan fingerprint density at radius 1 is 1.48 bits per heavy atom. The van der Waals surface area contributed by atoms with E-state index in [1.165, 1.54) is 6.07 Å². The molecular weight excluding hydrogens is 299 g/mol. The van der Waals surface area contributed by atoms with E-state index in [0.717, 1.165) is 25.1 Å². The van der Waals surface area contributed by atoms with Gasteiger partial charge in [0, 0.05) is 24.5 Å². The second-order valence-corrected chi connectivity index (χ2v) is 5.60. The highest BCUT2D eigenvalue weighted by Gasteiger charge is 2.16. The zero-order valence-electron chi connectivity index (χ0n) is 12.9. The third-order valence-corrected chi connectivity index (χ3v) is 3.71. The van der Waals surface area contributed by atoms with Gasteiger partial charge in [-0.05, 0) is 44.0 Å². The Morgan fingerprint density at radius 3 is 3.00 bits per heavy atom. The van der Waals surface area contributed by atoms with Crippen LogP contribution in [0.1, 0.15) is 29.0 Å². The lowest BCUT2D eigenvalue weighted by atomic mass is 10.2. The zero-order chi connectivity index (χ0) is 16.2. The topological polar surface area (TPSA) is 79.0 Å². The predicted octanol–water partition coefficient (Wildman–Crippen LogP) is 2.70. The number of hydrogen-bond acceptors (Lipinski definition) is 4. The van der Waals surface area contributed by atoms with E-state index in [1.807, 2.05) is 0 Å². The molecule has 0 spiro atoms. The van der Waals surface area contributed by atoms with Crippen molar-refractivity contribution in [1.29, 1.82) is 0 Å². The Balaban J connectivity index is 1.60. The van der Waals surface area contributed by atoms with Gasteiger partial charge in [-0.1, -0.05) is 0 Å². The van der Waals surface area contributed by atoms with Crippen LogP contribution in [0.3, 0.4) is 0 Å². The number of carbonyl (C=O) groups excluding carboxylic acids is 1. The molecule has 23 heavy (non-hydrogen) atoms. The molecule has 7 heteroatoms. The number of carbonyl (C=O) groups is 1. The number of benzene rings is 1. The molecule has 1 fully saturated rings. The van der Waals surface area contributed by atoms with E-state index < -0.39 is 5.82 Å². The molecule has 0 saturated carbocycles. The van der Waals surface area contributed by atoms with E-state index in [-0.39, 0.29) is 17.7 Å². The number of nitrogens with zero attached hydrogens (tertiary/aromatic N) is 1. The van der Waals surface area contributed by atoms with Crippen LogP contribution in [0.25, 0.3) is 0 Å². The zero-order valence-corrected chi connectivity index (χ0v) is 12.9. The molecule has 1 saturated heterocycles. The molecule has 1 aliphatic rings. The Hall–Kier alpha value is -2.41. The Bertz CT molecular complexity index is 695. The maximum atomic E-state index is 14.1. The maximum Gasteiger partial charge on any atom is 0.276 e. The Morgan fingerprint density at radius 2 is 2.35 bits per heavy atom. The van der Waals surface area contributed by atoms with Gasteiger partial charge < -0.3 is 15.4 Å². The number of aryl methyl sites for hydroxylation is 1. The first kappa shape index (κ1) is 15.5. The molecule has 1 aromatic carbocycles. The van der Waals surface area contributed by atoms with Gasteiger partial charge in [-0.25, -0.2) is 4.39 Å². The molecule has 2 heterocycles. The van der Waals surface area contributed by atoms with Gasteiger partial charge in [0.05, 0.1) is 11.8 Å². The van der Waals surface area contributed by atoms with Crippen LogP contribution in [-0.2, 0) is 4.74 Å². The summed E-state index contributed by atoms with van der Waals surface area (Å²) in [5, 5.41) is 12.2. The Labute approximate surface area is 133 Å². The first-order valence-electron chi connectivity index (χ1n) is 7.60. The largest absolute Gasteiger partial charge is 0.380 e. The molecule has 1 atom stereocenters. The molecule has 1 aliphatic heterocycles. The molecule has 0 bridgehead atoms. The van der Waals surface area contributed by atoms with E-state index >= 15 is 0 Å². The summed E-state index contributed by atoms with van der Waals surface area (Å²) in [6.07, 6.45) is 2.18. The Kier molecular flexibility index (Phi) is 4.57. The molecule has 2 aromatic rings. The van der Waals surface area contributed by atoms with Crippen LogP contribution in [0.5, 0.6) is 0 Å². The average molecular weight is 318 g/mol. The third kappa shape index (κ3) is 3.87. The molecule has 122 valence electrons. The number of ether oxygens (including phenoxy) is 1. The smallest absolute Gasteiger partial charge is 0.276 e. The number of halogens is 1. The van der Waals surface area contributed by atoms with E-state index in [4.69, 9.17) is 4.74 Å². The van der Waals surface area contributed by atoms with Gasteiger partial charge in [0.2, 0.25) is 0 Å². The fourth-order valence-electron chi connectivity index (χ4n) is 2.49. The minimum atomic E-state index is -0.418. The minimum absolute atomic E-state index is 0.136. The van der Waals surface area contributed by atoms with E-state index in [2.05, 4.69) is 20.8 Å². The fourth-order valence-corrected chi connectivity index (χ4v) is 2.49. The van der Waals surface area contributed by atoms with Crippen molar-refractivity contribution in [2.75, 3.05) is 23.8 Å². The number of nitrogens with one attached hydrogen (secondary N) is 3. The minimum Gasteiger partial charge on any atom is -0.380 e. The summed E-state index contributed by atoms with van der Waals surface area (Å²) in [5.41, 5.74) is 1.84. The van der Waals surface area contributed by atoms with Crippen molar-refractivity contribution in [1.82, 2.24) is 10.2 Å². The number of anilines is 2.